The number of carbonyl (C=O) groups is 2. The number of benzene rings is 3. The first-order chi connectivity index (χ1) is 18.9. The van der Waals surface area contributed by atoms with Crippen molar-refractivity contribution in [2.24, 2.45) is 0 Å². The van der Waals surface area contributed by atoms with E-state index in [1.54, 1.807) is 36.7 Å². The Balaban J connectivity index is 1.21. The van der Waals surface area contributed by atoms with E-state index in [0.717, 1.165) is 36.9 Å². The van der Waals surface area contributed by atoms with E-state index in [1.807, 2.05) is 66.9 Å². The summed E-state index contributed by atoms with van der Waals surface area (Å²) in [6.45, 7) is 1.99. The van der Waals surface area contributed by atoms with Gasteiger partial charge in [0, 0.05) is 49.5 Å². The van der Waals surface area contributed by atoms with Crippen molar-refractivity contribution >= 4 is 73.7 Å². The van der Waals surface area contributed by atoms with E-state index in [9.17, 15) is 9.59 Å². The van der Waals surface area contributed by atoms with Crippen LogP contribution in [0, 0.1) is 10.5 Å². The number of halogens is 1. The number of amides is 3. The molecule has 3 aromatic carbocycles. The van der Waals surface area contributed by atoms with Gasteiger partial charge in [-0.1, -0.05) is 18.2 Å². The van der Waals surface area contributed by atoms with Gasteiger partial charge in [-0.25, -0.2) is 9.78 Å². The number of thiazole rings is 1. The van der Waals surface area contributed by atoms with Crippen LogP contribution in [0.15, 0.2) is 96.6 Å². The molecular formula is C29H23IN6O2S. The molecule has 0 unspecified atom stereocenters. The minimum Gasteiger partial charge on any atom is -0.331 e. The summed E-state index contributed by atoms with van der Waals surface area (Å²) < 4.78 is 0.938. The fourth-order valence-electron chi connectivity index (χ4n) is 3.68. The molecule has 194 valence electrons. The molecule has 8 nitrogen and oxygen atoms in total. The predicted molar refractivity (Wildman–Crippen MR) is 166 cm³/mol. The molecule has 10 heteroatoms. The van der Waals surface area contributed by atoms with Gasteiger partial charge >= 0.3 is 6.03 Å². The molecule has 0 radical (unpaired) electrons. The van der Waals surface area contributed by atoms with Gasteiger partial charge in [-0.2, -0.15) is 0 Å². The van der Waals surface area contributed by atoms with E-state index in [1.165, 1.54) is 11.3 Å². The Hall–Kier alpha value is -4.29. The van der Waals surface area contributed by atoms with E-state index < -0.39 is 0 Å². The molecule has 0 atom stereocenters. The highest BCUT2D eigenvalue weighted by molar-refractivity contribution is 14.1. The van der Waals surface area contributed by atoms with E-state index in [0.29, 0.717) is 16.9 Å². The highest BCUT2D eigenvalue weighted by Gasteiger charge is 2.11. The molecule has 2 aromatic heterocycles. The summed E-state index contributed by atoms with van der Waals surface area (Å²) in [7, 11) is 0. The first-order valence-electron chi connectivity index (χ1n) is 11.9. The quantitative estimate of drug-likeness (QED) is 0.135. The largest absolute Gasteiger partial charge is 0.331 e. The van der Waals surface area contributed by atoms with Crippen LogP contribution in [0.4, 0.5) is 32.7 Å². The topological polar surface area (TPSA) is 108 Å². The molecule has 4 N–H and O–H groups in total. The van der Waals surface area contributed by atoms with Crippen molar-refractivity contribution < 1.29 is 9.59 Å². The third-order valence-corrected chi connectivity index (χ3v) is 7.42. The zero-order chi connectivity index (χ0) is 27.2. The number of hydrogen-bond acceptors (Lipinski definition) is 6. The SMILES string of the molecule is Cc1ccc(NC(=O)c2ccc(NC(=O)Nc3ccccc3I)cc2)cc1Nc1nc(-c2cccnc2)cs1. The fraction of sp³-hybridized carbons (Fsp3) is 0.0345. The number of urea groups is 1. The van der Waals surface area contributed by atoms with Crippen molar-refractivity contribution in [1.29, 1.82) is 0 Å². The van der Waals surface area contributed by atoms with Crippen molar-refractivity contribution in [2.45, 2.75) is 6.92 Å². The molecule has 0 saturated carbocycles. The Bertz CT molecular complexity index is 1620. The molecule has 39 heavy (non-hydrogen) atoms. The zero-order valence-electron chi connectivity index (χ0n) is 20.7. The second kappa shape index (κ2) is 12.0. The predicted octanol–water partition coefficient (Wildman–Crippen LogP) is 7.76. The minimum atomic E-state index is -0.358. The molecule has 0 aliphatic rings. The van der Waals surface area contributed by atoms with Gasteiger partial charge in [0.15, 0.2) is 5.13 Å². The van der Waals surface area contributed by atoms with Crippen LogP contribution in [0.3, 0.4) is 0 Å². The lowest BCUT2D eigenvalue weighted by molar-refractivity contribution is 0.102. The summed E-state index contributed by atoms with van der Waals surface area (Å²) >= 11 is 3.66. The van der Waals surface area contributed by atoms with Gasteiger partial charge in [0.05, 0.1) is 11.4 Å². The molecule has 0 bridgehead atoms. The molecule has 3 amide bonds. The maximum Gasteiger partial charge on any atom is 0.323 e. The zero-order valence-corrected chi connectivity index (χ0v) is 23.7. The number of para-hydroxylation sites is 1. The van der Waals surface area contributed by atoms with Crippen molar-refractivity contribution in [3.63, 3.8) is 0 Å². The van der Waals surface area contributed by atoms with Gasteiger partial charge in [0.1, 0.15) is 0 Å². The first kappa shape index (κ1) is 26.3. The number of carbonyl (C=O) groups excluding carboxylic acids is 2. The third kappa shape index (κ3) is 6.78. The minimum absolute atomic E-state index is 0.257. The average molecular weight is 647 g/mol. The maximum absolute atomic E-state index is 12.9. The molecule has 0 fully saturated rings. The standard InChI is InChI=1S/C29H23IN6O2S/c1-18-8-11-22(15-25(18)35-29-36-26(17-39-29)20-5-4-14-31-16-20)32-27(37)19-9-12-21(13-10-19)33-28(38)34-24-7-3-2-6-23(24)30/h2-17H,1H3,(H,32,37)(H,35,36)(H2,33,34,38). The summed E-state index contributed by atoms with van der Waals surface area (Å²) in [5.41, 5.74) is 6.08. The summed E-state index contributed by atoms with van der Waals surface area (Å²) in [6, 6.07) is 23.4. The van der Waals surface area contributed by atoms with Crippen LogP contribution in [0.5, 0.6) is 0 Å². The van der Waals surface area contributed by atoms with E-state index >= 15 is 0 Å². The Kier molecular flexibility index (Phi) is 8.13. The fourth-order valence-corrected chi connectivity index (χ4v) is 4.94. The summed E-state index contributed by atoms with van der Waals surface area (Å²) in [6.07, 6.45) is 3.51. The lowest BCUT2D eigenvalue weighted by atomic mass is 10.1. The van der Waals surface area contributed by atoms with Gasteiger partial charge in [-0.15, -0.1) is 11.3 Å². The lowest BCUT2D eigenvalue weighted by Crippen LogP contribution is -2.20. The van der Waals surface area contributed by atoms with Crippen LogP contribution in [-0.2, 0) is 0 Å². The molecule has 0 spiro atoms. The molecule has 2 heterocycles. The van der Waals surface area contributed by atoms with Gasteiger partial charge in [-0.05, 0) is 95.7 Å². The Labute approximate surface area is 243 Å². The molecule has 0 aliphatic heterocycles. The average Bonchev–Trinajstić information content (AvgIpc) is 3.41. The van der Waals surface area contributed by atoms with Gasteiger partial charge < -0.3 is 21.3 Å². The van der Waals surface area contributed by atoms with Crippen LogP contribution in [0.2, 0.25) is 0 Å². The Morgan fingerprint density at radius 1 is 0.846 bits per heavy atom. The molecular weight excluding hydrogens is 623 g/mol. The van der Waals surface area contributed by atoms with Crippen LogP contribution >= 0.6 is 33.9 Å². The van der Waals surface area contributed by atoms with Gasteiger partial charge in [-0.3, -0.25) is 9.78 Å². The first-order valence-corrected chi connectivity index (χ1v) is 13.9. The Morgan fingerprint density at radius 2 is 1.64 bits per heavy atom. The molecule has 0 aliphatic carbocycles. The molecule has 5 aromatic rings. The van der Waals surface area contributed by atoms with Crippen LogP contribution in [-0.4, -0.2) is 21.9 Å². The number of pyridine rings is 1. The summed E-state index contributed by atoms with van der Waals surface area (Å²) in [5.74, 6) is -0.257. The van der Waals surface area contributed by atoms with Crippen molar-refractivity contribution in [3.05, 3.63) is 111 Å². The maximum atomic E-state index is 12.9. The number of rotatable bonds is 7. The van der Waals surface area contributed by atoms with E-state index in [4.69, 9.17) is 0 Å². The monoisotopic (exact) mass is 646 g/mol. The normalized spacial score (nSPS) is 10.5. The highest BCUT2D eigenvalue weighted by Crippen LogP contribution is 2.29. The number of aryl methyl sites for hydroxylation is 1. The lowest BCUT2D eigenvalue weighted by Gasteiger charge is -2.12. The Morgan fingerprint density at radius 3 is 2.41 bits per heavy atom. The van der Waals surface area contributed by atoms with Crippen LogP contribution in [0.1, 0.15) is 15.9 Å². The second-order valence-electron chi connectivity index (χ2n) is 8.52. The number of hydrogen-bond donors (Lipinski definition) is 4. The number of anilines is 5. The van der Waals surface area contributed by atoms with Crippen LogP contribution < -0.4 is 21.3 Å². The van der Waals surface area contributed by atoms with Gasteiger partial charge in [0.25, 0.3) is 5.91 Å². The van der Waals surface area contributed by atoms with Crippen molar-refractivity contribution in [2.75, 3.05) is 21.3 Å². The summed E-state index contributed by atoms with van der Waals surface area (Å²) in [5, 5.41) is 14.6. The van der Waals surface area contributed by atoms with Crippen molar-refractivity contribution in [3.8, 4) is 11.3 Å². The summed E-state index contributed by atoms with van der Waals surface area (Å²) in [4.78, 5) is 34.0. The van der Waals surface area contributed by atoms with Gasteiger partial charge in [0.2, 0.25) is 0 Å². The van der Waals surface area contributed by atoms with Crippen LogP contribution in [0.25, 0.3) is 11.3 Å². The number of nitrogens with zero attached hydrogens (tertiary/aromatic N) is 2. The number of aromatic nitrogens is 2. The molecule has 5 rings (SSSR count). The molecule has 0 saturated heterocycles. The highest BCUT2D eigenvalue weighted by atomic mass is 127. The smallest absolute Gasteiger partial charge is 0.323 e. The third-order valence-electron chi connectivity index (χ3n) is 5.73. The van der Waals surface area contributed by atoms with E-state index in [-0.39, 0.29) is 11.9 Å². The number of nitrogens with one attached hydrogen (secondary N) is 4. The second-order valence-corrected chi connectivity index (χ2v) is 10.5. The van der Waals surface area contributed by atoms with E-state index in [2.05, 4.69) is 53.8 Å². The van der Waals surface area contributed by atoms with Crippen molar-refractivity contribution in [1.82, 2.24) is 9.97 Å².